The number of amides is 1. The highest BCUT2D eigenvalue weighted by atomic mass is 32.1. The average molecular weight is 393 g/mol. The largest absolute Gasteiger partial charge is 0.304 e. The van der Waals surface area contributed by atoms with Crippen LogP contribution in [0.15, 0.2) is 47.5 Å². The molecule has 1 aromatic heterocycles. The van der Waals surface area contributed by atoms with Crippen LogP contribution in [0.3, 0.4) is 0 Å². The normalized spacial score (nSPS) is 11.7. The molecule has 0 saturated heterocycles. The molecule has 0 spiro atoms. The number of hydrogen-bond acceptors (Lipinski definition) is 4. The lowest BCUT2D eigenvalue weighted by atomic mass is 10.0. The molecule has 3 aromatic rings. The highest BCUT2D eigenvalue weighted by Crippen LogP contribution is 2.23. The van der Waals surface area contributed by atoms with E-state index in [0.717, 1.165) is 10.3 Å². The highest BCUT2D eigenvalue weighted by molar-refractivity contribution is 7.16. The lowest BCUT2D eigenvalue weighted by molar-refractivity contribution is -0.384. The summed E-state index contributed by atoms with van der Waals surface area (Å²) in [4.78, 5) is 27.7. The second kappa shape index (κ2) is 8.19. The van der Waals surface area contributed by atoms with Crippen LogP contribution in [0.2, 0.25) is 0 Å². The minimum atomic E-state index is -0.458. The summed E-state index contributed by atoms with van der Waals surface area (Å²) in [6.07, 6.45) is 5.63. The van der Waals surface area contributed by atoms with Crippen molar-refractivity contribution in [1.82, 2.24) is 4.57 Å². The van der Waals surface area contributed by atoms with Gasteiger partial charge in [-0.25, -0.2) is 0 Å². The third-order valence-corrected chi connectivity index (χ3v) is 5.41. The number of nitro groups is 1. The quantitative estimate of drug-likeness (QED) is 0.373. The maximum absolute atomic E-state index is 12.5. The predicted octanol–water partition coefficient (Wildman–Crippen LogP) is 4.04. The monoisotopic (exact) mass is 393 g/mol. The molecule has 0 aliphatic rings. The van der Waals surface area contributed by atoms with Crippen LogP contribution in [0.5, 0.6) is 0 Å². The lowest BCUT2D eigenvalue weighted by Crippen LogP contribution is -2.17. The Hall–Kier alpha value is -3.24. The number of nitro benzene ring substituents is 1. The van der Waals surface area contributed by atoms with Gasteiger partial charge in [-0.05, 0) is 23.1 Å². The van der Waals surface area contributed by atoms with Gasteiger partial charge in [0.25, 0.3) is 11.6 Å². The van der Waals surface area contributed by atoms with E-state index in [1.54, 1.807) is 10.6 Å². The molecule has 7 heteroatoms. The molecule has 0 aliphatic carbocycles. The Labute approximate surface area is 166 Å². The van der Waals surface area contributed by atoms with Gasteiger partial charge in [0, 0.05) is 12.1 Å². The van der Waals surface area contributed by atoms with Crippen molar-refractivity contribution in [2.24, 2.45) is 4.99 Å². The summed E-state index contributed by atoms with van der Waals surface area (Å²) in [6.45, 7) is 4.41. The number of nitrogens with zero attached hydrogens (tertiary/aromatic N) is 3. The van der Waals surface area contributed by atoms with Gasteiger partial charge in [0.2, 0.25) is 0 Å². The van der Waals surface area contributed by atoms with Crippen LogP contribution in [0, 0.1) is 22.5 Å². The number of aromatic nitrogens is 1. The highest BCUT2D eigenvalue weighted by Gasteiger charge is 2.13. The van der Waals surface area contributed by atoms with Crippen molar-refractivity contribution in [3.63, 3.8) is 0 Å². The van der Waals surface area contributed by atoms with Gasteiger partial charge in [0.05, 0.1) is 28.1 Å². The summed E-state index contributed by atoms with van der Waals surface area (Å²) in [5, 5.41) is 11.0. The number of fused-ring (bicyclic) bond motifs is 1. The van der Waals surface area contributed by atoms with Crippen molar-refractivity contribution in [2.75, 3.05) is 0 Å². The Balaban J connectivity index is 1.95. The van der Waals surface area contributed by atoms with E-state index in [1.807, 2.05) is 24.3 Å². The first-order valence-corrected chi connectivity index (χ1v) is 9.58. The minimum Gasteiger partial charge on any atom is -0.304 e. The minimum absolute atomic E-state index is 0.0285. The van der Waals surface area contributed by atoms with Crippen LogP contribution < -0.4 is 4.80 Å². The summed E-state index contributed by atoms with van der Waals surface area (Å²) in [6, 6.07) is 12.4. The number of carbonyl (C=O) groups excluding carboxylic acids is 1. The molecule has 1 heterocycles. The van der Waals surface area contributed by atoms with Crippen molar-refractivity contribution in [2.45, 2.75) is 32.7 Å². The molecule has 0 saturated carbocycles. The van der Waals surface area contributed by atoms with E-state index in [2.05, 4.69) is 24.8 Å². The molecule has 28 heavy (non-hydrogen) atoms. The molecular formula is C21H19N3O3S. The Morgan fingerprint density at radius 3 is 2.61 bits per heavy atom. The number of carbonyl (C=O) groups is 1. The molecule has 0 bridgehead atoms. The number of thiazole rings is 1. The molecule has 1 amide bonds. The van der Waals surface area contributed by atoms with Crippen molar-refractivity contribution < 1.29 is 9.72 Å². The van der Waals surface area contributed by atoms with Crippen LogP contribution in [-0.2, 0) is 17.8 Å². The van der Waals surface area contributed by atoms with Crippen LogP contribution >= 0.6 is 11.3 Å². The second-order valence-corrected chi connectivity index (χ2v) is 7.67. The molecule has 0 aliphatic heterocycles. The van der Waals surface area contributed by atoms with E-state index in [4.69, 9.17) is 6.42 Å². The number of benzene rings is 2. The fraction of sp³-hybridized carbons (Fsp3) is 0.238. The maximum atomic E-state index is 12.5. The number of hydrogen-bond donors (Lipinski definition) is 0. The van der Waals surface area contributed by atoms with E-state index < -0.39 is 4.92 Å². The lowest BCUT2D eigenvalue weighted by Gasteiger charge is -2.05. The van der Waals surface area contributed by atoms with Gasteiger partial charge in [-0.15, -0.1) is 6.42 Å². The molecule has 6 nitrogen and oxygen atoms in total. The van der Waals surface area contributed by atoms with Crippen molar-refractivity contribution in [3.8, 4) is 12.3 Å². The topological polar surface area (TPSA) is 77.5 Å². The van der Waals surface area contributed by atoms with Crippen LogP contribution in [-0.4, -0.2) is 15.4 Å². The fourth-order valence-corrected chi connectivity index (χ4v) is 3.87. The van der Waals surface area contributed by atoms with E-state index in [-0.39, 0.29) is 24.6 Å². The third kappa shape index (κ3) is 4.18. The van der Waals surface area contributed by atoms with E-state index in [0.29, 0.717) is 16.2 Å². The van der Waals surface area contributed by atoms with E-state index in [1.165, 1.54) is 29.0 Å². The molecule has 0 N–H and O–H groups in total. The number of non-ortho nitro benzene ring substituents is 1. The standard InChI is InChI=1S/C21H19N3O3S/c1-4-11-23-18-13-17(24(26)27)9-10-19(18)28-21(23)22-20(25)12-15-5-7-16(8-6-15)14(2)3/h1,5-10,13-14H,11-12H2,2-3H3. The molecule has 0 atom stereocenters. The van der Waals surface area contributed by atoms with E-state index >= 15 is 0 Å². The second-order valence-electron chi connectivity index (χ2n) is 6.66. The van der Waals surface area contributed by atoms with Crippen molar-refractivity contribution >= 4 is 33.1 Å². The Morgan fingerprint density at radius 1 is 1.29 bits per heavy atom. The summed E-state index contributed by atoms with van der Waals surface area (Å²) >= 11 is 1.29. The average Bonchev–Trinajstić information content (AvgIpc) is 2.98. The molecule has 0 fully saturated rings. The van der Waals surface area contributed by atoms with Crippen molar-refractivity contribution in [3.05, 3.63) is 68.5 Å². The summed E-state index contributed by atoms with van der Waals surface area (Å²) < 4.78 is 2.45. The smallest absolute Gasteiger partial charge is 0.271 e. The van der Waals surface area contributed by atoms with Gasteiger partial charge in [0.1, 0.15) is 0 Å². The Morgan fingerprint density at radius 2 is 2.00 bits per heavy atom. The summed E-state index contributed by atoms with van der Waals surface area (Å²) in [5.41, 5.74) is 2.67. The van der Waals surface area contributed by atoms with E-state index in [9.17, 15) is 14.9 Å². The summed E-state index contributed by atoms with van der Waals surface area (Å²) in [7, 11) is 0. The molecule has 0 unspecified atom stereocenters. The van der Waals surface area contributed by atoms with Gasteiger partial charge in [-0.2, -0.15) is 4.99 Å². The number of terminal acetylenes is 1. The maximum Gasteiger partial charge on any atom is 0.271 e. The van der Waals surface area contributed by atoms with Crippen LogP contribution in [0.25, 0.3) is 10.2 Å². The predicted molar refractivity (Wildman–Crippen MR) is 110 cm³/mol. The van der Waals surface area contributed by atoms with Gasteiger partial charge < -0.3 is 4.57 Å². The fourth-order valence-electron chi connectivity index (χ4n) is 2.84. The molecule has 0 radical (unpaired) electrons. The summed E-state index contributed by atoms with van der Waals surface area (Å²) in [5.74, 6) is 2.66. The first-order chi connectivity index (χ1) is 13.4. The first-order valence-electron chi connectivity index (χ1n) is 8.76. The number of rotatable bonds is 5. The zero-order valence-corrected chi connectivity index (χ0v) is 16.4. The molecule has 2 aromatic carbocycles. The zero-order valence-electron chi connectivity index (χ0n) is 15.6. The molecule has 3 rings (SSSR count). The Bertz CT molecular complexity index is 1150. The van der Waals surface area contributed by atoms with Gasteiger partial charge >= 0.3 is 0 Å². The van der Waals surface area contributed by atoms with Crippen molar-refractivity contribution in [1.29, 1.82) is 0 Å². The Kier molecular flexibility index (Phi) is 5.71. The first kappa shape index (κ1) is 19.5. The zero-order chi connectivity index (χ0) is 20.3. The van der Waals surface area contributed by atoms with Gasteiger partial charge in [-0.3, -0.25) is 14.9 Å². The molecular weight excluding hydrogens is 374 g/mol. The van der Waals surface area contributed by atoms with Crippen LogP contribution in [0.4, 0.5) is 5.69 Å². The SMILES string of the molecule is C#CCn1c(=NC(=O)Cc2ccc(C(C)C)cc2)sc2ccc([N+](=O)[O-])cc21. The van der Waals surface area contributed by atoms with Crippen LogP contribution in [0.1, 0.15) is 30.9 Å². The van der Waals surface area contributed by atoms with Gasteiger partial charge in [0.15, 0.2) is 4.80 Å². The molecule has 142 valence electrons. The third-order valence-electron chi connectivity index (χ3n) is 4.35. The van der Waals surface area contributed by atoms with Gasteiger partial charge in [-0.1, -0.05) is 55.4 Å².